The Kier molecular flexibility index (Phi) is 4.09. The van der Waals surface area contributed by atoms with E-state index in [4.69, 9.17) is 9.47 Å². The molecule has 0 aromatic heterocycles. The summed E-state index contributed by atoms with van der Waals surface area (Å²) in [4.78, 5) is 24.2. The van der Waals surface area contributed by atoms with Crippen molar-refractivity contribution in [2.24, 2.45) is 0 Å². The summed E-state index contributed by atoms with van der Waals surface area (Å²) in [6.07, 6.45) is 0. The maximum atomic E-state index is 12.0. The fraction of sp³-hybridized carbons (Fsp3) is 0.188. The van der Waals surface area contributed by atoms with Crippen molar-refractivity contribution in [3.8, 4) is 5.75 Å². The second-order valence-electron chi connectivity index (χ2n) is 4.95. The molecule has 0 fully saturated rings. The minimum Gasteiger partial charge on any atom is -0.490 e. The minimum absolute atomic E-state index is 0.00521. The number of nitrogens with zero attached hydrogens (tertiary/aromatic N) is 2. The van der Waals surface area contributed by atoms with Crippen molar-refractivity contribution >= 4 is 17.3 Å². The number of fused-ring (bicyclic) bond motifs is 1. The van der Waals surface area contributed by atoms with E-state index in [1.807, 2.05) is 6.07 Å². The summed E-state index contributed by atoms with van der Waals surface area (Å²) in [5.41, 5.74) is 0.972. The molecule has 2 aromatic rings. The zero-order valence-corrected chi connectivity index (χ0v) is 12.2. The molecular formula is C16H14N2O5. The standard InChI is InChI=1S/C16H14N2O5/c19-16(12-4-2-1-3-5-12)23-11-17-8-9-22-15-7-6-13(18(20)21)10-14(15)17/h1-7,10H,8-9,11H2. The van der Waals surface area contributed by atoms with Crippen molar-refractivity contribution in [1.82, 2.24) is 0 Å². The van der Waals surface area contributed by atoms with E-state index in [1.54, 1.807) is 35.2 Å². The lowest BCUT2D eigenvalue weighted by Crippen LogP contribution is -2.35. The van der Waals surface area contributed by atoms with Crippen molar-refractivity contribution in [1.29, 1.82) is 0 Å². The van der Waals surface area contributed by atoms with E-state index in [0.29, 0.717) is 30.2 Å². The molecule has 3 rings (SSSR count). The Morgan fingerprint density at radius 1 is 1.26 bits per heavy atom. The fourth-order valence-electron chi connectivity index (χ4n) is 2.30. The van der Waals surface area contributed by atoms with Crippen LogP contribution >= 0.6 is 0 Å². The zero-order chi connectivity index (χ0) is 16.2. The molecule has 23 heavy (non-hydrogen) atoms. The number of carbonyl (C=O) groups is 1. The highest BCUT2D eigenvalue weighted by atomic mass is 16.6. The summed E-state index contributed by atoms with van der Waals surface area (Å²) in [7, 11) is 0. The van der Waals surface area contributed by atoms with Crippen LogP contribution in [0, 0.1) is 10.1 Å². The summed E-state index contributed by atoms with van der Waals surface area (Å²) >= 11 is 0. The smallest absolute Gasteiger partial charge is 0.339 e. The molecule has 0 spiro atoms. The summed E-state index contributed by atoms with van der Waals surface area (Å²) in [5.74, 6) is 0.0988. The van der Waals surface area contributed by atoms with Gasteiger partial charge < -0.3 is 14.4 Å². The van der Waals surface area contributed by atoms with Gasteiger partial charge in [0.05, 0.1) is 22.7 Å². The van der Waals surface area contributed by atoms with Gasteiger partial charge in [-0.2, -0.15) is 0 Å². The van der Waals surface area contributed by atoms with E-state index in [2.05, 4.69) is 0 Å². The Labute approximate surface area is 132 Å². The van der Waals surface area contributed by atoms with E-state index < -0.39 is 10.9 Å². The minimum atomic E-state index is -0.469. The maximum Gasteiger partial charge on any atom is 0.339 e. The largest absolute Gasteiger partial charge is 0.490 e. The molecule has 1 aliphatic rings. The van der Waals surface area contributed by atoms with Crippen LogP contribution in [0.15, 0.2) is 48.5 Å². The number of ether oxygens (including phenoxy) is 2. The lowest BCUT2D eigenvalue weighted by Gasteiger charge is -2.30. The predicted octanol–water partition coefficient (Wildman–Crippen LogP) is 2.61. The first-order valence-electron chi connectivity index (χ1n) is 7.03. The quantitative estimate of drug-likeness (QED) is 0.490. The average molecular weight is 314 g/mol. The summed E-state index contributed by atoms with van der Waals surface area (Å²) in [6.45, 7) is 0.912. The Morgan fingerprint density at radius 2 is 2.04 bits per heavy atom. The SMILES string of the molecule is O=C(OCN1CCOc2ccc([N+](=O)[O-])cc21)c1ccccc1. The molecule has 0 saturated carbocycles. The predicted molar refractivity (Wildman–Crippen MR) is 82.7 cm³/mol. The van der Waals surface area contributed by atoms with Crippen molar-refractivity contribution in [3.63, 3.8) is 0 Å². The second-order valence-corrected chi connectivity index (χ2v) is 4.95. The third-order valence-electron chi connectivity index (χ3n) is 3.47. The Balaban J connectivity index is 1.74. The lowest BCUT2D eigenvalue weighted by atomic mass is 10.2. The van der Waals surface area contributed by atoms with Crippen LogP contribution in [0.1, 0.15) is 10.4 Å². The lowest BCUT2D eigenvalue weighted by molar-refractivity contribution is -0.384. The number of benzene rings is 2. The van der Waals surface area contributed by atoms with Crippen molar-refractivity contribution in [2.75, 3.05) is 24.8 Å². The molecular weight excluding hydrogens is 300 g/mol. The first-order chi connectivity index (χ1) is 11.1. The van der Waals surface area contributed by atoms with Crippen molar-refractivity contribution < 1.29 is 19.2 Å². The Morgan fingerprint density at radius 3 is 2.78 bits per heavy atom. The van der Waals surface area contributed by atoms with Crippen molar-refractivity contribution in [3.05, 3.63) is 64.2 Å². The number of hydrogen-bond acceptors (Lipinski definition) is 6. The van der Waals surface area contributed by atoms with Gasteiger partial charge in [0.1, 0.15) is 12.4 Å². The number of esters is 1. The molecule has 0 bridgehead atoms. The monoisotopic (exact) mass is 314 g/mol. The molecule has 0 saturated heterocycles. The van der Waals surface area contributed by atoms with Gasteiger partial charge in [0.2, 0.25) is 0 Å². The Hall–Kier alpha value is -3.09. The molecule has 1 heterocycles. The van der Waals surface area contributed by atoms with E-state index in [0.717, 1.165) is 0 Å². The highest BCUT2D eigenvalue weighted by Gasteiger charge is 2.22. The summed E-state index contributed by atoms with van der Waals surface area (Å²) in [6, 6.07) is 13.0. The van der Waals surface area contributed by atoms with Gasteiger partial charge >= 0.3 is 5.97 Å². The van der Waals surface area contributed by atoms with E-state index in [9.17, 15) is 14.9 Å². The number of anilines is 1. The number of rotatable bonds is 4. The fourth-order valence-corrected chi connectivity index (χ4v) is 2.30. The number of hydrogen-bond donors (Lipinski definition) is 0. The van der Waals surface area contributed by atoms with Gasteiger partial charge in [-0.1, -0.05) is 18.2 Å². The van der Waals surface area contributed by atoms with Crippen LogP contribution in [0.3, 0.4) is 0 Å². The molecule has 2 aromatic carbocycles. The van der Waals surface area contributed by atoms with Gasteiger partial charge in [-0.3, -0.25) is 10.1 Å². The van der Waals surface area contributed by atoms with Crippen LogP contribution < -0.4 is 9.64 Å². The molecule has 0 aliphatic carbocycles. The summed E-state index contributed by atoms with van der Waals surface area (Å²) < 4.78 is 10.8. The first kappa shape index (κ1) is 14.8. The number of carbonyl (C=O) groups excluding carboxylic acids is 1. The van der Waals surface area contributed by atoms with E-state index >= 15 is 0 Å². The van der Waals surface area contributed by atoms with Crippen LogP contribution in [-0.2, 0) is 4.74 Å². The molecule has 0 radical (unpaired) electrons. The average Bonchev–Trinajstić information content (AvgIpc) is 2.59. The van der Waals surface area contributed by atoms with Gasteiger partial charge in [0.15, 0.2) is 6.73 Å². The van der Waals surface area contributed by atoms with Crippen molar-refractivity contribution in [2.45, 2.75) is 0 Å². The molecule has 7 heteroatoms. The van der Waals surface area contributed by atoms with Crippen LogP contribution in [-0.4, -0.2) is 30.8 Å². The van der Waals surface area contributed by atoms with E-state index in [1.165, 1.54) is 12.1 Å². The number of nitro benzene ring substituents is 1. The van der Waals surface area contributed by atoms with Crippen LogP contribution in [0.25, 0.3) is 0 Å². The molecule has 0 atom stereocenters. The molecule has 0 unspecified atom stereocenters. The third kappa shape index (κ3) is 3.23. The Bertz CT molecular complexity index is 733. The van der Waals surface area contributed by atoms with E-state index in [-0.39, 0.29) is 12.4 Å². The van der Waals surface area contributed by atoms with Gasteiger partial charge in [-0.25, -0.2) is 4.79 Å². The van der Waals surface area contributed by atoms with Crippen LogP contribution in [0.5, 0.6) is 5.75 Å². The molecule has 118 valence electrons. The normalized spacial score (nSPS) is 13.0. The zero-order valence-electron chi connectivity index (χ0n) is 12.2. The molecule has 0 amide bonds. The highest BCUT2D eigenvalue weighted by Crippen LogP contribution is 2.34. The summed E-state index contributed by atoms with van der Waals surface area (Å²) in [5, 5.41) is 10.9. The van der Waals surface area contributed by atoms with Gasteiger partial charge in [-0.15, -0.1) is 0 Å². The van der Waals surface area contributed by atoms with Crippen LogP contribution in [0.4, 0.5) is 11.4 Å². The second kappa shape index (κ2) is 6.35. The topological polar surface area (TPSA) is 81.9 Å². The van der Waals surface area contributed by atoms with Gasteiger partial charge in [0.25, 0.3) is 5.69 Å². The highest BCUT2D eigenvalue weighted by molar-refractivity contribution is 5.89. The first-order valence-corrected chi connectivity index (χ1v) is 7.03. The number of non-ortho nitro benzene ring substituents is 1. The van der Waals surface area contributed by atoms with Gasteiger partial charge in [0, 0.05) is 12.1 Å². The van der Waals surface area contributed by atoms with Crippen LogP contribution in [0.2, 0.25) is 0 Å². The molecule has 0 N–H and O–H groups in total. The molecule has 1 aliphatic heterocycles. The maximum absolute atomic E-state index is 12.0. The number of nitro groups is 1. The van der Waals surface area contributed by atoms with Gasteiger partial charge in [-0.05, 0) is 18.2 Å². The molecule has 7 nitrogen and oxygen atoms in total. The third-order valence-corrected chi connectivity index (χ3v) is 3.47.